The molecular weight excluding hydrogens is 742 g/mol. The third kappa shape index (κ3) is 12.3. The van der Waals surface area contributed by atoms with Gasteiger partial charge in [0.1, 0.15) is 0 Å². The van der Waals surface area contributed by atoms with E-state index in [9.17, 15) is 0 Å². The molecule has 2 aliphatic carbocycles. The smallest absolute Gasteiger partial charge is 0.360 e. The number of hydrogen-bond donors (Lipinski definition) is 2. The maximum absolute atomic E-state index is 5.72. The van der Waals surface area contributed by atoms with Gasteiger partial charge in [0.2, 0.25) is 0 Å². The molecule has 0 heterocycles. The summed E-state index contributed by atoms with van der Waals surface area (Å²) in [7, 11) is -0.557. The van der Waals surface area contributed by atoms with Crippen LogP contribution in [0.25, 0.3) is 0 Å². The molecule has 0 radical (unpaired) electrons. The van der Waals surface area contributed by atoms with Gasteiger partial charge in [0.15, 0.2) is 5.11 Å². The van der Waals surface area contributed by atoms with E-state index in [1.165, 1.54) is 61.1 Å². The van der Waals surface area contributed by atoms with Gasteiger partial charge in [-0.15, -0.1) is 0 Å². The average molecular weight is 801 g/mol. The van der Waals surface area contributed by atoms with Gasteiger partial charge in [-0.25, -0.2) is 0 Å². The van der Waals surface area contributed by atoms with Crippen LogP contribution >= 0.6 is 28.1 Å². The van der Waals surface area contributed by atoms with Gasteiger partial charge in [-0.1, -0.05) is 171 Å². The molecule has 2 saturated carbocycles. The first kappa shape index (κ1) is 44.6. The molecule has 0 aliphatic heterocycles. The fraction of sp³-hybridized carbons (Fsp3) is 0.298. The average Bonchev–Trinajstić information content (AvgIpc) is 3.88. The summed E-state index contributed by atoms with van der Waals surface area (Å²) in [6.07, 6.45) is 9.50. The second-order valence-electron chi connectivity index (χ2n) is 13.7. The second kappa shape index (κ2) is 23.2. The Kier molecular flexibility index (Phi) is 19.5. The molecule has 2 N–H and O–H groups in total. The van der Waals surface area contributed by atoms with Crippen LogP contribution in [0.1, 0.15) is 70.4 Å². The van der Waals surface area contributed by atoms with Crippen molar-refractivity contribution in [3.05, 3.63) is 172 Å². The largest absolute Gasteiger partial charge is 2.00 e. The summed E-state index contributed by atoms with van der Waals surface area (Å²) in [5.74, 6) is 0.605. The summed E-state index contributed by atoms with van der Waals surface area (Å²) in [5.41, 5.74) is 2.80. The first-order chi connectivity index (χ1) is 24.6. The van der Waals surface area contributed by atoms with Crippen molar-refractivity contribution in [1.82, 2.24) is 10.6 Å². The summed E-state index contributed by atoms with van der Waals surface area (Å²) >= 11 is 5.72. The van der Waals surface area contributed by atoms with Gasteiger partial charge >= 0.3 is 17.1 Å². The van der Waals surface area contributed by atoms with Gasteiger partial charge in [0.25, 0.3) is 0 Å². The Morgan fingerprint density at radius 3 is 1.36 bits per heavy atom. The van der Waals surface area contributed by atoms with Gasteiger partial charge in [0, 0.05) is 6.04 Å². The van der Waals surface area contributed by atoms with Gasteiger partial charge in [-0.3, -0.25) is 0 Å². The molecule has 4 atom stereocenters. The Labute approximate surface area is 340 Å². The molecule has 0 spiro atoms. The van der Waals surface area contributed by atoms with Gasteiger partial charge in [-0.2, -0.15) is 0 Å². The van der Waals surface area contributed by atoms with Crippen LogP contribution in [0.4, 0.5) is 0 Å². The molecule has 53 heavy (non-hydrogen) atoms. The molecule has 0 saturated heterocycles. The molecule has 5 aromatic carbocycles. The van der Waals surface area contributed by atoms with Gasteiger partial charge in [-0.05, 0) is 112 Å². The first-order valence-electron chi connectivity index (χ1n) is 18.5. The Morgan fingerprint density at radius 1 is 0.528 bits per heavy atom. The van der Waals surface area contributed by atoms with E-state index in [0.29, 0.717) is 17.6 Å². The van der Waals surface area contributed by atoms with Crippen LogP contribution in [0.5, 0.6) is 0 Å². The number of hydrogen-bond acceptors (Lipinski definition) is 1. The van der Waals surface area contributed by atoms with Crippen LogP contribution in [0.2, 0.25) is 0 Å². The summed E-state index contributed by atoms with van der Waals surface area (Å²) < 4.78 is 0. The molecule has 5 aromatic rings. The van der Waals surface area contributed by atoms with Crippen molar-refractivity contribution >= 4 is 54.4 Å². The molecule has 0 amide bonds. The van der Waals surface area contributed by atoms with Crippen molar-refractivity contribution in [2.45, 2.75) is 82.2 Å². The SMILES string of the molecule is C[C@H](NC(=S)N[C@H](C)C1CCCC1P(c1ccccc1)c1ccccc1)c1ccccc1.[CH3-].[CH3-].[Fe+2].c1ccc(P(c2ccccc2)C2CCCC2)cc1. The minimum Gasteiger partial charge on any atom is -0.360 e. The number of benzene rings is 5. The zero-order valence-corrected chi connectivity index (χ0v) is 35.6. The van der Waals surface area contributed by atoms with Crippen LogP contribution in [-0.4, -0.2) is 22.5 Å². The van der Waals surface area contributed by atoms with E-state index in [2.05, 4.69) is 170 Å². The van der Waals surface area contributed by atoms with Crippen molar-refractivity contribution in [1.29, 1.82) is 0 Å². The Morgan fingerprint density at radius 2 is 0.925 bits per heavy atom. The predicted molar refractivity (Wildman–Crippen MR) is 238 cm³/mol. The minimum atomic E-state index is -0.405. The van der Waals surface area contributed by atoms with E-state index in [-0.39, 0.29) is 45.9 Å². The Bertz CT molecular complexity index is 1630. The zero-order valence-electron chi connectivity index (χ0n) is 31.9. The number of rotatable bonds is 10. The molecular formula is C47H58FeN2P2S. The van der Waals surface area contributed by atoms with E-state index in [1.807, 2.05) is 6.07 Å². The van der Waals surface area contributed by atoms with Crippen molar-refractivity contribution in [2.24, 2.45) is 5.92 Å². The Balaban J connectivity index is 0.000000308. The fourth-order valence-corrected chi connectivity index (χ4v) is 14.5. The third-order valence-corrected chi connectivity index (χ3v) is 16.5. The quantitative estimate of drug-likeness (QED) is 0.0637. The molecule has 280 valence electrons. The normalized spacial score (nSPS) is 17.6. The zero-order chi connectivity index (χ0) is 34.5. The van der Waals surface area contributed by atoms with E-state index < -0.39 is 7.92 Å². The van der Waals surface area contributed by atoms with Crippen molar-refractivity contribution in [2.75, 3.05) is 0 Å². The van der Waals surface area contributed by atoms with Crippen molar-refractivity contribution in [3.63, 3.8) is 0 Å². The number of nitrogens with one attached hydrogen (secondary N) is 2. The fourth-order valence-electron chi connectivity index (χ4n) is 7.87. The molecule has 0 bridgehead atoms. The maximum Gasteiger partial charge on any atom is 2.00 e. The van der Waals surface area contributed by atoms with Crippen LogP contribution in [0, 0.1) is 20.8 Å². The van der Waals surface area contributed by atoms with E-state index in [4.69, 9.17) is 12.2 Å². The molecule has 2 unspecified atom stereocenters. The first-order valence-corrected chi connectivity index (χ1v) is 21.7. The second-order valence-corrected chi connectivity index (χ2v) is 19.1. The van der Waals surface area contributed by atoms with Crippen molar-refractivity contribution < 1.29 is 17.1 Å². The van der Waals surface area contributed by atoms with Crippen molar-refractivity contribution in [3.8, 4) is 0 Å². The minimum absolute atomic E-state index is 0. The van der Waals surface area contributed by atoms with Crippen LogP contribution in [-0.2, 0) is 17.1 Å². The monoisotopic (exact) mass is 800 g/mol. The van der Waals surface area contributed by atoms with E-state index >= 15 is 0 Å². The van der Waals surface area contributed by atoms with Gasteiger partial charge in [0.05, 0.1) is 6.04 Å². The predicted octanol–water partition coefficient (Wildman–Crippen LogP) is 10.9. The van der Waals surface area contributed by atoms with E-state index in [0.717, 1.165) is 10.8 Å². The summed E-state index contributed by atoms with van der Waals surface area (Å²) in [6, 6.07) is 55.5. The van der Waals surface area contributed by atoms with E-state index in [1.54, 1.807) is 10.6 Å². The molecule has 2 aliphatic rings. The summed E-state index contributed by atoms with van der Waals surface area (Å²) in [4.78, 5) is 0. The molecule has 0 aromatic heterocycles. The summed E-state index contributed by atoms with van der Waals surface area (Å²) in [6.45, 7) is 4.48. The molecule has 2 nitrogen and oxygen atoms in total. The van der Waals surface area contributed by atoms with Crippen LogP contribution < -0.4 is 31.9 Å². The standard InChI is InChI=1S/C28H33N2PS.C17H19P.2CH3.Fe/c1-21(23-13-6-3-7-14-23)29-28(32)30-22(2)26-19-12-20-27(26)31(24-15-8-4-9-16-24)25-17-10-5-11-18-25;1-3-9-15(10-4-1)18(17-13-7-8-14-17)16-11-5-2-6-12-16;;;/h3-11,13-18,21-22,26-27H,12,19-20H2,1-2H3,(H2,29,30,32);1-6,9-12,17H,7-8,13-14H2;2*1H3;/q;;2*-1;+2/t21-,22+,26?,27?;;;;/m0..../s1. The molecule has 6 heteroatoms. The topological polar surface area (TPSA) is 24.1 Å². The van der Waals surface area contributed by atoms with Crippen LogP contribution in [0.3, 0.4) is 0 Å². The van der Waals surface area contributed by atoms with Gasteiger partial charge < -0.3 is 25.5 Å². The Hall–Kier alpha value is -2.83. The van der Waals surface area contributed by atoms with Crippen LogP contribution in [0.15, 0.2) is 152 Å². The summed E-state index contributed by atoms with van der Waals surface area (Å²) in [5, 5.41) is 13.9. The molecule has 7 rings (SSSR count). The number of thiocarbonyl (C=S) groups is 1. The maximum atomic E-state index is 5.72. The third-order valence-electron chi connectivity index (χ3n) is 10.3. The molecule has 2 fully saturated rings.